The molecule has 0 unspecified atom stereocenters. The summed E-state index contributed by atoms with van der Waals surface area (Å²) in [6.07, 6.45) is 4.88. The second-order valence-electron chi connectivity index (χ2n) is 5.34. The minimum absolute atomic E-state index is 0.00958. The Morgan fingerprint density at radius 3 is 2.55 bits per heavy atom. The number of aryl methyl sites for hydroxylation is 1. The first-order valence-electron chi connectivity index (χ1n) is 7.14. The first-order valence-corrected chi connectivity index (χ1v) is 7.95. The first kappa shape index (κ1) is 15.0. The molecule has 0 atom stereocenters. The van der Waals surface area contributed by atoms with Gasteiger partial charge in [-0.1, -0.05) is 12.8 Å². The molecular weight excluding hydrogens is 270 g/mol. The van der Waals surface area contributed by atoms with Gasteiger partial charge < -0.3 is 5.32 Å². The van der Waals surface area contributed by atoms with Crippen molar-refractivity contribution in [1.82, 2.24) is 4.90 Å². The van der Waals surface area contributed by atoms with E-state index in [0.717, 1.165) is 23.5 Å². The number of nitrogens with one attached hydrogen (secondary N) is 1. The highest BCUT2D eigenvalue weighted by Gasteiger charge is 2.17. The third-order valence-corrected chi connectivity index (χ3v) is 4.94. The van der Waals surface area contributed by atoms with Gasteiger partial charge in [-0.25, -0.2) is 0 Å². The fourth-order valence-corrected chi connectivity index (χ4v) is 3.54. The summed E-state index contributed by atoms with van der Waals surface area (Å²) in [5, 5.41) is 12.8. The van der Waals surface area contributed by atoms with Crippen molar-refractivity contribution < 1.29 is 4.79 Å². The van der Waals surface area contributed by atoms with Crippen LogP contribution in [0.5, 0.6) is 0 Å². The lowest BCUT2D eigenvalue weighted by Crippen LogP contribution is -2.33. The van der Waals surface area contributed by atoms with E-state index in [2.05, 4.69) is 16.3 Å². The molecule has 4 nitrogen and oxygen atoms in total. The summed E-state index contributed by atoms with van der Waals surface area (Å²) in [4.78, 5) is 15.4. The zero-order chi connectivity index (χ0) is 14.5. The van der Waals surface area contributed by atoms with Crippen LogP contribution in [0.15, 0.2) is 0 Å². The van der Waals surface area contributed by atoms with Crippen LogP contribution in [-0.2, 0) is 4.79 Å². The Morgan fingerprint density at radius 1 is 1.30 bits per heavy atom. The number of carbonyl (C=O) groups excluding carboxylic acids is 1. The Labute approximate surface area is 124 Å². The molecule has 20 heavy (non-hydrogen) atoms. The van der Waals surface area contributed by atoms with E-state index in [-0.39, 0.29) is 5.91 Å². The van der Waals surface area contributed by atoms with Crippen LogP contribution < -0.4 is 5.32 Å². The average molecular weight is 291 g/mol. The van der Waals surface area contributed by atoms with Crippen LogP contribution in [0.3, 0.4) is 0 Å². The first-order chi connectivity index (χ1) is 9.61. The maximum absolute atomic E-state index is 12.1. The van der Waals surface area contributed by atoms with E-state index < -0.39 is 0 Å². The maximum Gasteiger partial charge on any atom is 0.239 e. The number of hydrogen-bond acceptors (Lipinski definition) is 4. The molecule has 0 spiro atoms. The van der Waals surface area contributed by atoms with Gasteiger partial charge in [0.1, 0.15) is 11.1 Å². The number of anilines is 1. The van der Waals surface area contributed by atoms with Gasteiger partial charge in [0.25, 0.3) is 0 Å². The monoisotopic (exact) mass is 291 g/mol. The molecule has 0 saturated carbocycles. The van der Waals surface area contributed by atoms with Crippen molar-refractivity contribution in [3.8, 4) is 6.07 Å². The predicted molar refractivity (Wildman–Crippen MR) is 82.0 cm³/mol. The standard InChI is InChI=1S/C15H21N3OS/c1-11-12(2)20-15(13(11)9-16)17-14(19)10-18-7-5-3-4-6-8-18/h3-8,10H2,1-2H3,(H,17,19). The summed E-state index contributed by atoms with van der Waals surface area (Å²) in [5.74, 6) is -0.00958. The van der Waals surface area contributed by atoms with E-state index in [9.17, 15) is 10.1 Å². The quantitative estimate of drug-likeness (QED) is 0.931. The lowest BCUT2D eigenvalue weighted by molar-refractivity contribution is -0.117. The van der Waals surface area contributed by atoms with Crippen LogP contribution in [0.25, 0.3) is 0 Å². The third-order valence-electron chi connectivity index (χ3n) is 3.82. The van der Waals surface area contributed by atoms with Gasteiger partial charge in [0.05, 0.1) is 12.1 Å². The van der Waals surface area contributed by atoms with Gasteiger partial charge >= 0.3 is 0 Å². The van der Waals surface area contributed by atoms with Crippen LogP contribution in [0.4, 0.5) is 5.00 Å². The van der Waals surface area contributed by atoms with E-state index >= 15 is 0 Å². The topological polar surface area (TPSA) is 56.1 Å². The van der Waals surface area contributed by atoms with Gasteiger partial charge in [-0.2, -0.15) is 5.26 Å². The normalized spacial score (nSPS) is 16.4. The molecule has 1 amide bonds. The molecule has 1 aromatic heterocycles. The van der Waals surface area contributed by atoms with Crippen molar-refractivity contribution in [2.45, 2.75) is 39.5 Å². The fraction of sp³-hybridized carbons (Fsp3) is 0.600. The smallest absolute Gasteiger partial charge is 0.239 e. The Kier molecular flexibility index (Phi) is 5.16. The van der Waals surface area contributed by atoms with Crippen molar-refractivity contribution in [2.75, 3.05) is 25.0 Å². The van der Waals surface area contributed by atoms with E-state index in [1.165, 1.54) is 37.0 Å². The van der Waals surface area contributed by atoms with Crippen molar-refractivity contribution in [3.63, 3.8) is 0 Å². The highest BCUT2D eigenvalue weighted by Crippen LogP contribution is 2.31. The lowest BCUT2D eigenvalue weighted by atomic mass is 10.2. The largest absolute Gasteiger partial charge is 0.315 e. The summed E-state index contributed by atoms with van der Waals surface area (Å²) in [7, 11) is 0. The fourth-order valence-electron chi connectivity index (χ4n) is 2.51. The summed E-state index contributed by atoms with van der Waals surface area (Å²) >= 11 is 1.49. The summed E-state index contributed by atoms with van der Waals surface area (Å²) in [6, 6.07) is 2.19. The summed E-state index contributed by atoms with van der Waals surface area (Å²) in [6.45, 7) is 6.34. The van der Waals surface area contributed by atoms with Crippen LogP contribution >= 0.6 is 11.3 Å². The van der Waals surface area contributed by atoms with E-state index in [0.29, 0.717) is 17.1 Å². The van der Waals surface area contributed by atoms with Crippen molar-refractivity contribution >= 4 is 22.2 Å². The number of nitrogens with zero attached hydrogens (tertiary/aromatic N) is 2. The highest BCUT2D eigenvalue weighted by molar-refractivity contribution is 7.16. The van der Waals surface area contributed by atoms with E-state index in [1.807, 2.05) is 13.8 Å². The van der Waals surface area contributed by atoms with Gasteiger partial charge in [0.15, 0.2) is 0 Å². The minimum Gasteiger partial charge on any atom is -0.315 e. The van der Waals surface area contributed by atoms with E-state index in [1.54, 1.807) is 0 Å². The van der Waals surface area contributed by atoms with Gasteiger partial charge in [0, 0.05) is 4.88 Å². The number of carbonyl (C=O) groups is 1. The van der Waals surface area contributed by atoms with Crippen LogP contribution in [0.1, 0.15) is 41.7 Å². The zero-order valence-electron chi connectivity index (χ0n) is 12.2. The van der Waals surface area contributed by atoms with Gasteiger partial charge in [-0.05, 0) is 45.3 Å². The molecule has 108 valence electrons. The van der Waals surface area contributed by atoms with Gasteiger partial charge in [-0.3, -0.25) is 9.69 Å². The summed E-state index contributed by atoms with van der Waals surface area (Å²) in [5.41, 5.74) is 1.58. The molecule has 0 aliphatic carbocycles. The number of rotatable bonds is 3. The molecule has 1 aromatic rings. The second-order valence-corrected chi connectivity index (χ2v) is 6.56. The van der Waals surface area contributed by atoms with Crippen LogP contribution in [0.2, 0.25) is 0 Å². The molecule has 1 N–H and O–H groups in total. The number of likely N-dealkylation sites (tertiary alicyclic amines) is 1. The van der Waals surface area contributed by atoms with Crippen LogP contribution in [-0.4, -0.2) is 30.4 Å². The lowest BCUT2D eigenvalue weighted by Gasteiger charge is -2.18. The molecule has 1 saturated heterocycles. The molecule has 0 radical (unpaired) electrons. The minimum atomic E-state index is -0.00958. The molecule has 2 rings (SSSR count). The maximum atomic E-state index is 12.1. The second kappa shape index (κ2) is 6.87. The number of hydrogen-bond donors (Lipinski definition) is 1. The number of thiophene rings is 1. The molecule has 1 fully saturated rings. The number of nitriles is 1. The highest BCUT2D eigenvalue weighted by atomic mass is 32.1. The van der Waals surface area contributed by atoms with Crippen molar-refractivity contribution in [2.24, 2.45) is 0 Å². The van der Waals surface area contributed by atoms with E-state index in [4.69, 9.17) is 0 Å². The van der Waals surface area contributed by atoms with Crippen molar-refractivity contribution in [1.29, 1.82) is 5.26 Å². The molecule has 1 aliphatic heterocycles. The van der Waals surface area contributed by atoms with Crippen molar-refractivity contribution in [3.05, 3.63) is 16.0 Å². The molecule has 2 heterocycles. The molecular formula is C15H21N3OS. The predicted octanol–water partition coefficient (Wildman–Crippen LogP) is 3.05. The Hall–Kier alpha value is -1.38. The summed E-state index contributed by atoms with van der Waals surface area (Å²) < 4.78 is 0. The zero-order valence-corrected chi connectivity index (χ0v) is 13.0. The molecule has 1 aliphatic rings. The van der Waals surface area contributed by atoms with Gasteiger partial charge in [-0.15, -0.1) is 11.3 Å². The Bertz CT molecular complexity index is 522. The SMILES string of the molecule is Cc1sc(NC(=O)CN2CCCCCC2)c(C#N)c1C. The average Bonchev–Trinajstić information content (AvgIpc) is 2.61. The Morgan fingerprint density at radius 2 is 1.95 bits per heavy atom. The number of amides is 1. The van der Waals surface area contributed by atoms with Gasteiger partial charge in [0.2, 0.25) is 5.91 Å². The molecule has 0 bridgehead atoms. The third kappa shape index (κ3) is 3.59. The molecule has 5 heteroatoms. The Balaban J connectivity index is 1.97. The molecule has 0 aromatic carbocycles. The van der Waals surface area contributed by atoms with Crippen LogP contribution in [0, 0.1) is 25.2 Å².